The number of aromatic amines is 1. The second kappa shape index (κ2) is 5.11. The number of nitrogens with one attached hydrogen (secondary N) is 1. The summed E-state index contributed by atoms with van der Waals surface area (Å²) < 4.78 is 40.3. The highest BCUT2D eigenvalue weighted by Crippen LogP contribution is 2.32. The minimum atomic E-state index is -4.34. The first-order chi connectivity index (χ1) is 9.14. The van der Waals surface area contributed by atoms with Crippen molar-refractivity contribution in [3.05, 3.63) is 28.5 Å². The van der Waals surface area contributed by atoms with Crippen LogP contribution in [-0.4, -0.2) is 20.6 Å². The summed E-state index contributed by atoms with van der Waals surface area (Å²) in [6.07, 6.45) is -2.34. The number of H-pyrrole nitrogens is 1. The van der Waals surface area contributed by atoms with Crippen LogP contribution in [-0.2, 0) is 12.7 Å². The summed E-state index contributed by atoms with van der Waals surface area (Å²) in [6, 6.07) is 3.67. The number of hydrogen-bond donors (Lipinski definition) is 1. The van der Waals surface area contributed by atoms with Gasteiger partial charge in [0.25, 0.3) is 0 Å². The van der Waals surface area contributed by atoms with Crippen molar-refractivity contribution < 1.29 is 13.2 Å². The van der Waals surface area contributed by atoms with Crippen LogP contribution in [0.15, 0.2) is 18.2 Å². The number of fused-ring (bicyclic) bond motifs is 1. The minimum absolute atomic E-state index is 0.0456. The zero-order valence-corrected chi connectivity index (χ0v) is 13.0. The first-order valence-corrected chi connectivity index (χ1v) is 7.62. The Hall–Kier alpha value is -0.950. The van der Waals surface area contributed by atoms with Gasteiger partial charge >= 0.3 is 6.18 Å². The summed E-state index contributed by atoms with van der Waals surface area (Å²) in [5, 5.41) is 0. The highest BCUT2D eigenvalue weighted by atomic mass is 32.2. The maximum atomic E-state index is 12.7. The molecule has 0 aliphatic rings. The van der Waals surface area contributed by atoms with Crippen LogP contribution in [0.2, 0.25) is 0 Å². The van der Waals surface area contributed by atoms with E-state index in [9.17, 15) is 13.2 Å². The van der Waals surface area contributed by atoms with Gasteiger partial charge in [0.2, 0.25) is 0 Å². The summed E-state index contributed by atoms with van der Waals surface area (Å²) in [4.78, 5) is 2.85. The third-order valence-electron chi connectivity index (χ3n) is 3.19. The van der Waals surface area contributed by atoms with Crippen LogP contribution in [0.3, 0.4) is 0 Å². The second-order valence-corrected chi connectivity index (χ2v) is 7.11. The lowest BCUT2D eigenvalue weighted by atomic mass is 10.1. The number of alkyl halides is 3. The standard InChI is InChI=1S/C13H15F3N2S2/c1-12(2,20-3)7-18-10-5-4-8(13(14,15)16)6-9(10)17-11(18)19/h4-6H,7H2,1-3H3,(H,17,19). The summed E-state index contributed by atoms with van der Waals surface area (Å²) >= 11 is 6.91. The van der Waals surface area contributed by atoms with Crippen LogP contribution in [0.25, 0.3) is 11.0 Å². The molecule has 0 saturated heterocycles. The molecule has 2 rings (SSSR count). The van der Waals surface area contributed by atoms with Crippen molar-refractivity contribution in [1.82, 2.24) is 9.55 Å². The molecule has 7 heteroatoms. The molecule has 1 heterocycles. The van der Waals surface area contributed by atoms with E-state index in [4.69, 9.17) is 12.2 Å². The largest absolute Gasteiger partial charge is 0.416 e. The highest BCUT2D eigenvalue weighted by Gasteiger charge is 2.31. The maximum absolute atomic E-state index is 12.7. The van der Waals surface area contributed by atoms with Gasteiger partial charge in [-0.2, -0.15) is 24.9 Å². The number of rotatable bonds is 3. The van der Waals surface area contributed by atoms with Gasteiger partial charge in [0.05, 0.1) is 16.6 Å². The Morgan fingerprint density at radius 3 is 2.50 bits per heavy atom. The summed E-state index contributed by atoms with van der Waals surface area (Å²) in [5.41, 5.74) is 0.448. The molecule has 20 heavy (non-hydrogen) atoms. The van der Waals surface area contributed by atoms with Crippen LogP contribution in [0, 0.1) is 4.77 Å². The van der Waals surface area contributed by atoms with Gasteiger partial charge < -0.3 is 9.55 Å². The van der Waals surface area contributed by atoms with E-state index in [0.29, 0.717) is 22.3 Å². The number of halogens is 3. The first-order valence-electron chi connectivity index (χ1n) is 5.99. The van der Waals surface area contributed by atoms with E-state index in [2.05, 4.69) is 18.8 Å². The minimum Gasteiger partial charge on any atom is -0.331 e. The zero-order chi connectivity index (χ0) is 15.1. The molecule has 2 aromatic rings. The molecule has 0 bridgehead atoms. The molecule has 1 N–H and O–H groups in total. The number of hydrogen-bond acceptors (Lipinski definition) is 2. The zero-order valence-electron chi connectivity index (χ0n) is 11.3. The Balaban J connectivity index is 2.54. The first kappa shape index (κ1) is 15.4. The average molecular weight is 320 g/mol. The van der Waals surface area contributed by atoms with Crippen molar-refractivity contribution in [3.8, 4) is 0 Å². The van der Waals surface area contributed by atoms with Crippen LogP contribution in [0.1, 0.15) is 19.4 Å². The second-order valence-electron chi connectivity index (χ2n) is 5.21. The lowest BCUT2D eigenvalue weighted by Gasteiger charge is -2.22. The molecular weight excluding hydrogens is 305 g/mol. The molecule has 0 saturated carbocycles. The lowest BCUT2D eigenvalue weighted by Crippen LogP contribution is -2.22. The Bertz CT molecular complexity index is 683. The molecular formula is C13H15F3N2S2. The van der Waals surface area contributed by atoms with Crippen LogP contribution >= 0.6 is 24.0 Å². The average Bonchev–Trinajstić information content (AvgIpc) is 2.64. The van der Waals surface area contributed by atoms with Crippen molar-refractivity contribution in [1.29, 1.82) is 0 Å². The van der Waals surface area contributed by atoms with Crippen molar-refractivity contribution in [2.24, 2.45) is 0 Å². The van der Waals surface area contributed by atoms with Gasteiger partial charge in [0, 0.05) is 11.3 Å². The van der Waals surface area contributed by atoms with Gasteiger partial charge in [-0.1, -0.05) is 0 Å². The topological polar surface area (TPSA) is 20.7 Å². The molecule has 0 amide bonds. The van der Waals surface area contributed by atoms with E-state index < -0.39 is 11.7 Å². The van der Waals surface area contributed by atoms with Crippen LogP contribution in [0.4, 0.5) is 13.2 Å². The highest BCUT2D eigenvalue weighted by molar-refractivity contribution is 7.99. The van der Waals surface area contributed by atoms with Crippen molar-refractivity contribution in [3.63, 3.8) is 0 Å². The third-order valence-corrected chi connectivity index (χ3v) is 4.75. The normalized spacial score (nSPS) is 13.1. The van der Waals surface area contributed by atoms with Gasteiger partial charge in [-0.3, -0.25) is 0 Å². The quantitative estimate of drug-likeness (QED) is 0.815. The Kier molecular flexibility index (Phi) is 3.94. The van der Waals surface area contributed by atoms with E-state index in [1.165, 1.54) is 6.07 Å². The monoisotopic (exact) mass is 320 g/mol. The van der Waals surface area contributed by atoms with E-state index >= 15 is 0 Å². The van der Waals surface area contributed by atoms with Gasteiger partial charge in [-0.05, 0) is 50.5 Å². The van der Waals surface area contributed by atoms with Crippen LogP contribution < -0.4 is 0 Å². The predicted molar refractivity (Wildman–Crippen MR) is 79.7 cm³/mol. The van der Waals surface area contributed by atoms with Gasteiger partial charge in [-0.15, -0.1) is 0 Å². The number of nitrogens with zero attached hydrogens (tertiary/aromatic N) is 1. The summed E-state index contributed by atoms with van der Waals surface area (Å²) in [5.74, 6) is 0. The Morgan fingerprint density at radius 2 is 1.95 bits per heavy atom. The fourth-order valence-electron chi connectivity index (χ4n) is 1.94. The van der Waals surface area contributed by atoms with Gasteiger partial charge in [-0.25, -0.2) is 0 Å². The molecule has 0 aliphatic heterocycles. The maximum Gasteiger partial charge on any atom is 0.416 e. The number of imidazole rings is 1. The lowest BCUT2D eigenvalue weighted by molar-refractivity contribution is -0.137. The van der Waals surface area contributed by atoms with E-state index in [1.54, 1.807) is 11.8 Å². The number of aromatic nitrogens is 2. The molecule has 110 valence electrons. The smallest absolute Gasteiger partial charge is 0.331 e. The Labute approximate surface area is 124 Å². The van der Waals surface area contributed by atoms with E-state index in [1.807, 2.05) is 10.8 Å². The number of benzene rings is 1. The van der Waals surface area contributed by atoms with Crippen molar-refractivity contribution in [2.45, 2.75) is 31.3 Å². The molecule has 2 nitrogen and oxygen atoms in total. The SMILES string of the molecule is CSC(C)(C)Cn1c(=S)[nH]c2cc(C(F)(F)F)ccc21. The van der Waals surface area contributed by atoms with Crippen molar-refractivity contribution >= 4 is 35.0 Å². The van der Waals surface area contributed by atoms with Crippen molar-refractivity contribution in [2.75, 3.05) is 6.26 Å². The van der Waals surface area contributed by atoms with E-state index in [-0.39, 0.29) is 4.75 Å². The van der Waals surface area contributed by atoms with Gasteiger partial charge in [0.15, 0.2) is 4.77 Å². The molecule has 0 unspecified atom stereocenters. The third kappa shape index (κ3) is 3.03. The summed E-state index contributed by atoms with van der Waals surface area (Å²) in [6.45, 7) is 4.78. The predicted octanol–water partition coefficient (Wildman–Crippen LogP) is 4.86. The van der Waals surface area contributed by atoms with Crippen LogP contribution in [0.5, 0.6) is 0 Å². The molecule has 1 aromatic heterocycles. The number of thioether (sulfide) groups is 1. The molecule has 0 aliphatic carbocycles. The molecule has 1 aromatic carbocycles. The Morgan fingerprint density at radius 1 is 1.30 bits per heavy atom. The fourth-order valence-corrected chi connectivity index (χ4v) is 2.47. The fraction of sp³-hybridized carbons (Fsp3) is 0.462. The van der Waals surface area contributed by atoms with E-state index in [0.717, 1.165) is 12.1 Å². The molecule has 0 fully saturated rings. The van der Waals surface area contributed by atoms with Gasteiger partial charge in [0.1, 0.15) is 0 Å². The summed E-state index contributed by atoms with van der Waals surface area (Å²) in [7, 11) is 0. The molecule has 0 radical (unpaired) electrons. The molecule has 0 atom stereocenters. The molecule has 0 spiro atoms.